The van der Waals surface area contributed by atoms with Crippen LogP contribution in [0.15, 0.2) is 42.6 Å². The lowest BCUT2D eigenvalue weighted by Gasteiger charge is -2.13. The van der Waals surface area contributed by atoms with Gasteiger partial charge >= 0.3 is 0 Å². The summed E-state index contributed by atoms with van der Waals surface area (Å²) in [6, 6.07) is 13.7. The summed E-state index contributed by atoms with van der Waals surface area (Å²) in [6.45, 7) is 0. The van der Waals surface area contributed by atoms with E-state index in [4.69, 9.17) is 9.47 Å². The number of aromatic amines is 1. The zero-order valence-corrected chi connectivity index (χ0v) is 11.8. The number of rotatable bonds is 3. The summed E-state index contributed by atoms with van der Waals surface area (Å²) in [5.41, 5.74) is 3.43. The molecule has 0 aliphatic carbocycles. The Morgan fingerprint density at radius 2 is 1.90 bits per heavy atom. The van der Waals surface area contributed by atoms with Crippen LogP contribution in [0.1, 0.15) is 5.56 Å². The summed E-state index contributed by atoms with van der Waals surface area (Å²) in [4.78, 5) is 3.16. The van der Waals surface area contributed by atoms with Gasteiger partial charge in [-0.05, 0) is 35.2 Å². The Hall–Kier alpha value is -2.93. The summed E-state index contributed by atoms with van der Waals surface area (Å²) >= 11 is 0. The molecule has 1 heterocycles. The average Bonchev–Trinajstić information content (AvgIpc) is 3.00. The van der Waals surface area contributed by atoms with Crippen molar-refractivity contribution in [3.8, 4) is 28.7 Å². The smallest absolute Gasteiger partial charge is 0.168 e. The molecule has 4 heteroatoms. The van der Waals surface area contributed by atoms with Crippen molar-refractivity contribution < 1.29 is 9.47 Å². The molecule has 0 saturated heterocycles. The number of hydrogen-bond donors (Lipinski definition) is 1. The summed E-state index contributed by atoms with van der Waals surface area (Å²) in [6.07, 6.45) is 1.90. The Labute approximate surface area is 122 Å². The van der Waals surface area contributed by atoms with Gasteiger partial charge in [0.25, 0.3) is 0 Å². The normalized spacial score (nSPS) is 10.3. The fourth-order valence-electron chi connectivity index (χ4n) is 2.46. The Morgan fingerprint density at radius 1 is 1.05 bits per heavy atom. The number of H-pyrrole nitrogens is 1. The van der Waals surface area contributed by atoms with Gasteiger partial charge in [0.2, 0.25) is 0 Å². The molecule has 3 rings (SSSR count). The first kappa shape index (κ1) is 13.1. The van der Waals surface area contributed by atoms with Crippen molar-refractivity contribution in [1.82, 2.24) is 4.98 Å². The number of methoxy groups -OCH3 is 2. The lowest BCUT2D eigenvalue weighted by molar-refractivity contribution is 0.356. The molecule has 0 radical (unpaired) electrons. The molecule has 0 aliphatic rings. The molecule has 104 valence electrons. The van der Waals surface area contributed by atoms with Gasteiger partial charge in [-0.2, -0.15) is 5.26 Å². The molecule has 0 fully saturated rings. The van der Waals surface area contributed by atoms with Crippen LogP contribution in [0.25, 0.3) is 22.0 Å². The maximum Gasteiger partial charge on any atom is 0.168 e. The van der Waals surface area contributed by atoms with Gasteiger partial charge in [-0.3, -0.25) is 0 Å². The third kappa shape index (κ3) is 2.19. The predicted octanol–water partition coefficient (Wildman–Crippen LogP) is 3.72. The highest BCUT2D eigenvalue weighted by atomic mass is 16.5. The van der Waals surface area contributed by atoms with Crippen molar-refractivity contribution in [2.75, 3.05) is 14.2 Å². The van der Waals surface area contributed by atoms with E-state index >= 15 is 0 Å². The monoisotopic (exact) mass is 278 g/mol. The van der Waals surface area contributed by atoms with Gasteiger partial charge in [0, 0.05) is 23.3 Å². The predicted molar refractivity (Wildman–Crippen MR) is 81.6 cm³/mol. The summed E-state index contributed by atoms with van der Waals surface area (Å²) < 4.78 is 10.8. The first-order valence-electron chi connectivity index (χ1n) is 6.50. The largest absolute Gasteiger partial charge is 0.493 e. The van der Waals surface area contributed by atoms with Crippen molar-refractivity contribution in [3.63, 3.8) is 0 Å². The van der Waals surface area contributed by atoms with Crippen LogP contribution in [0.4, 0.5) is 0 Å². The van der Waals surface area contributed by atoms with Gasteiger partial charge in [0.1, 0.15) is 0 Å². The Bertz CT molecular complexity index is 844. The van der Waals surface area contributed by atoms with Gasteiger partial charge in [-0.1, -0.05) is 6.07 Å². The molecule has 1 N–H and O–H groups in total. The van der Waals surface area contributed by atoms with Crippen LogP contribution in [-0.2, 0) is 0 Å². The molecule has 0 amide bonds. The van der Waals surface area contributed by atoms with E-state index in [-0.39, 0.29) is 0 Å². The molecule has 0 atom stereocenters. The molecular formula is C17H14N2O2. The van der Waals surface area contributed by atoms with Crippen molar-refractivity contribution in [2.24, 2.45) is 0 Å². The number of benzene rings is 2. The molecule has 0 spiro atoms. The van der Waals surface area contributed by atoms with E-state index in [1.807, 2.05) is 30.5 Å². The molecule has 2 aromatic carbocycles. The highest BCUT2D eigenvalue weighted by Gasteiger charge is 2.14. The van der Waals surface area contributed by atoms with E-state index in [1.54, 1.807) is 20.3 Å². The Kier molecular flexibility index (Phi) is 3.25. The zero-order valence-electron chi connectivity index (χ0n) is 11.8. The first-order chi connectivity index (χ1) is 10.3. The van der Waals surface area contributed by atoms with E-state index in [0.29, 0.717) is 17.1 Å². The fraction of sp³-hybridized carbons (Fsp3) is 0.118. The number of nitrogens with zero attached hydrogens (tertiary/aromatic N) is 1. The van der Waals surface area contributed by atoms with Gasteiger partial charge in [0.15, 0.2) is 11.5 Å². The summed E-state index contributed by atoms with van der Waals surface area (Å²) in [7, 11) is 3.17. The lowest BCUT2D eigenvalue weighted by Crippen LogP contribution is -1.95. The number of aromatic nitrogens is 1. The van der Waals surface area contributed by atoms with Gasteiger partial charge in [-0.25, -0.2) is 0 Å². The Balaban J connectivity index is 2.26. The number of hydrogen-bond acceptors (Lipinski definition) is 3. The number of nitriles is 1. The number of ether oxygens (including phenoxy) is 2. The van der Waals surface area contributed by atoms with Crippen LogP contribution in [0, 0.1) is 11.3 Å². The minimum Gasteiger partial charge on any atom is -0.493 e. The van der Waals surface area contributed by atoms with Crippen LogP contribution < -0.4 is 9.47 Å². The number of nitrogens with one attached hydrogen (secondary N) is 1. The molecule has 0 bridgehead atoms. The van der Waals surface area contributed by atoms with Crippen LogP contribution in [0.5, 0.6) is 11.5 Å². The molecular weight excluding hydrogens is 264 g/mol. The quantitative estimate of drug-likeness (QED) is 0.794. The highest BCUT2D eigenvalue weighted by Crippen LogP contribution is 2.39. The molecule has 1 aromatic heterocycles. The lowest BCUT2D eigenvalue weighted by atomic mass is 10.00. The zero-order chi connectivity index (χ0) is 14.8. The van der Waals surface area contributed by atoms with Gasteiger partial charge < -0.3 is 14.5 Å². The average molecular weight is 278 g/mol. The highest BCUT2D eigenvalue weighted by molar-refractivity contribution is 5.87. The second-order valence-electron chi connectivity index (χ2n) is 4.65. The number of fused-ring (bicyclic) bond motifs is 1. The molecule has 3 aromatic rings. The van der Waals surface area contributed by atoms with Crippen molar-refractivity contribution in [2.45, 2.75) is 0 Å². The maximum absolute atomic E-state index is 9.18. The summed E-state index contributed by atoms with van der Waals surface area (Å²) in [5, 5.41) is 10.3. The fourth-order valence-corrected chi connectivity index (χ4v) is 2.46. The molecule has 0 unspecified atom stereocenters. The second-order valence-corrected chi connectivity index (χ2v) is 4.65. The van der Waals surface area contributed by atoms with E-state index in [0.717, 1.165) is 22.0 Å². The Morgan fingerprint density at radius 3 is 2.62 bits per heavy atom. The molecule has 0 aliphatic heterocycles. The van der Waals surface area contributed by atoms with Crippen LogP contribution >= 0.6 is 0 Å². The SMILES string of the molecule is COc1cc(C#N)cc(-c2ccc3[nH]ccc3c2)c1OC. The van der Waals surface area contributed by atoms with Crippen molar-refractivity contribution in [1.29, 1.82) is 5.26 Å². The standard InChI is InChI=1S/C17H14N2O2/c1-20-16-8-11(10-18)7-14(17(16)21-2)12-3-4-15-13(9-12)5-6-19-15/h3-9,19H,1-2H3. The van der Waals surface area contributed by atoms with Crippen LogP contribution in [0.2, 0.25) is 0 Å². The molecule has 4 nitrogen and oxygen atoms in total. The van der Waals surface area contributed by atoms with E-state index in [1.165, 1.54) is 0 Å². The third-order valence-corrected chi connectivity index (χ3v) is 3.47. The topological polar surface area (TPSA) is 58.0 Å². The summed E-state index contributed by atoms with van der Waals surface area (Å²) in [5.74, 6) is 1.19. The van der Waals surface area contributed by atoms with E-state index in [9.17, 15) is 5.26 Å². The van der Waals surface area contributed by atoms with Gasteiger partial charge in [-0.15, -0.1) is 0 Å². The molecule has 21 heavy (non-hydrogen) atoms. The van der Waals surface area contributed by atoms with E-state index < -0.39 is 0 Å². The minimum absolute atomic E-state index is 0.539. The second kappa shape index (κ2) is 5.22. The maximum atomic E-state index is 9.18. The first-order valence-corrected chi connectivity index (χ1v) is 6.50. The van der Waals surface area contributed by atoms with Crippen LogP contribution in [-0.4, -0.2) is 19.2 Å². The van der Waals surface area contributed by atoms with E-state index in [2.05, 4.69) is 17.1 Å². The molecule has 0 saturated carbocycles. The van der Waals surface area contributed by atoms with Crippen LogP contribution in [0.3, 0.4) is 0 Å². The van der Waals surface area contributed by atoms with Gasteiger partial charge in [0.05, 0.1) is 25.9 Å². The van der Waals surface area contributed by atoms with Crippen molar-refractivity contribution in [3.05, 3.63) is 48.2 Å². The minimum atomic E-state index is 0.539. The third-order valence-electron chi connectivity index (χ3n) is 3.47. The van der Waals surface area contributed by atoms with Crippen molar-refractivity contribution >= 4 is 10.9 Å².